The van der Waals surface area contributed by atoms with E-state index in [1.54, 1.807) is 7.11 Å². The summed E-state index contributed by atoms with van der Waals surface area (Å²) in [4.78, 5) is 7.50. The van der Waals surface area contributed by atoms with Crippen LogP contribution in [0.3, 0.4) is 0 Å². The van der Waals surface area contributed by atoms with Crippen molar-refractivity contribution in [2.24, 2.45) is 4.99 Å². The molecule has 1 fully saturated rings. The first-order valence-electron chi connectivity index (χ1n) is 12.1. The van der Waals surface area contributed by atoms with Gasteiger partial charge >= 0.3 is 0 Å². The van der Waals surface area contributed by atoms with Crippen LogP contribution in [0.5, 0.6) is 5.75 Å². The zero-order valence-corrected chi connectivity index (χ0v) is 22.6. The van der Waals surface area contributed by atoms with Crippen LogP contribution >= 0.6 is 22.6 Å². The number of nitrogens with zero attached hydrogens (tertiary/aromatic N) is 2. The quantitative estimate of drug-likeness (QED) is 0.111. The van der Waals surface area contributed by atoms with Gasteiger partial charge in [0.25, 0.3) is 0 Å². The molecule has 31 heavy (non-hydrogen) atoms. The fourth-order valence-corrected chi connectivity index (χ4v) is 4.55. The van der Waals surface area contributed by atoms with Crippen molar-refractivity contribution in [3.8, 4) is 5.75 Å². The van der Waals surface area contributed by atoms with Gasteiger partial charge in [0.05, 0.1) is 7.11 Å². The summed E-state index contributed by atoms with van der Waals surface area (Å²) in [5, 5.41) is 3.58. The molecule has 1 aromatic rings. The molecule has 1 aliphatic carbocycles. The van der Waals surface area contributed by atoms with Crippen molar-refractivity contribution >= 4 is 28.8 Å². The lowest BCUT2D eigenvalue weighted by molar-refractivity contribution is 0.239. The molecule has 5 heteroatoms. The van der Waals surface area contributed by atoms with E-state index in [0.717, 1.165) is 42.0 Å². The molecule has 0 spiro atoms. The molecule has 0 aliphatic heterocycles. The summed E-state index contributed by atoms with van der Waals surface area (Å²) in [5.74, 6) is 0.989. The molecular weight excluding hydrogens is 497 g/mol. The minimum atomic E-state index is 0.0855. The summed E-state index contributed by atoms with van der Waals surface area (Å²) < 4.78 is 7.10. The lowest BCUT2D eigenvalue weighted by atomic mass is 9.84. The van der Waals surface area contributed by atoms with Gasteiger partial charge in [-0.1, -0.05) is 82.0 Å². The van der Waals surface area contributed by atoms with E-state index in [1.165, 1.54) is 56.1 Å². The third kappa shape index (κ3) is 9.01. The Hall–Kier alpha value is -0.660. The van der Waals surface area contributed by atoms with Crippen LogP contribution in [0.15, 0.2) is 17.1 Å². The maximum Gasteiger partial charge on any atom is 0.132 e. The highest BCUT2D eigenvalue weighted by atomic mass is 127. The van der Waals surface area contributed by atoms with Gasteiger partial charge in [0.1, 0.15) is 5.75 Å². The van der Waals surface area contributed by atoms with Crippen LogP contribution in [0.4, 0.5) is 0 Å². The standard InChI is InChI=1S/C26H44IN3O/c1-6-7-15-30(20-28-14-13-27)19-22-17-23(26(2,3)4)16-21(25(22)31-5)18-29-24-11-9-8-10-12-24/h16-18,24,28H,6-15,19-20H2,1-5H3/b29-18+. The Morgan fingerprint density at radius 2 is 1.97 bits per heavy atom. The van der Waals surface area contributed by atoms with Crippen molar-refractivity contribution < 1.29 is 4.74 Å². The van der Waals surface area contributed by atoms with Crippen LogP contribution < -0.4 is 10.1 Å². The fraction of sp³-hybridized carbons (Fsp3) is 0.731. The topological polar surface area (TPSA) is 36.9 Å². The number of hydrogen-bond donors (Lipinski definition) is 1. The summed E-state index contributed by atoms with van der Waals surface area (Å²) >= 11 is 2.43. The number of unbranched alkanes of at least 4 members (excludes halogenated alkanes) is 1. The third-order valence-corrected chi connectivity index (χ3v) is 6.63. The van der Waals surface area contributed by atoms with Crippen LogP contribution in [-0.4, -0.2) is 48.5 Å². The zero-order valence-electron chi connectivity index (χ0n) is 20.5. The Kier molecular flexibility index (Phi) is 11.8. The second kappa shape index (κ2) is 13.8. The second-order valence-corrected chi connectivity index (χ2v) is 10.9. The number of halogens is 1. The lowest BCUT2D eigenvalue weighted by Gasteiger charge is -2.27. The Morgan fingerprint density at radius 3 is 2.58 bits per heavy atom. The van der Waals surface area contributed by atoms with E-state index < -0.39 is 0 Å². The number of ether oxygens (including phenoxy) is 1. The van der Waals surface area contributed by atoms with Crippen molar-refractivity contribution in [3.63, 3.8) is 0 Å². The number of alkyl halides is 1. The van der Waals surface area contributed by atoms with Crippen LogP contribution in [0.25, 0.3) is 0 Å². The number of nitrogens with one attached hydrogen (secondary N) is 1. The van der Waals surface area contributed by atoms with Crippen LogP contribution in [0.1, 0.15) is 89.3 Å². The van der Waals surface area contributed by atoms with Gasteiger partial charge in [-0.2, -0.15) is 0 Å². The van der Waals surface area contributed by atoms with Gasteiger partial charge in [0, 0.05) is 47.6 Å². The number of benzene rings is 1. The highest BCUT2D eigenvalue weighted by molar-refractivity contribution is 14.1. The van der Waals surface area contributed by atoms with E-state index in [-0.39, 0.29) is 5.41 Å². The first-order chi connectivity index (χ1) is 14.9. The fourth-order valence-electron chi connectivity index (χ4n) is 4.17. The number of rotatable bonds is 12. The van der Waals surface area contributed by atoms with Gasteiger partial charge in [0.2, 0.25) is 0 Å². The summed E-state index contributed by atoms with van der Waals surface area (Å²) in [7, 11) is 1.80. The smallest absolute Gasteiger partial charge is 0.132 e. The van der Waals surface area contributed by atoms with E-state index in [1.807, 2.05) is 0 Å². The number of hydrogen-bond acceptors (Lipinski definition) is 4. The maximum absolute atomic E-state index is 5.98. The lowest BCUT2D eigenvalue weighted by Crippen LogP contribution is -2.35. The maximum atomic E-state index is 5.98. The molecule has 2 rings (SSSR count). The average molecular weight is 542 g/mol. The molecule has 0 atom stereocenters. The van der Waals surface area contributed by atoms with Gasteiger partial charge in [-0.15, -0.1) is 0 Å². The minimum absolute atomic E-state index is 0.0855. The van der Waals surface area contributed by atoms with Crippen molar-refractivity contribution in [2.75, 3.05) is 31.3 Å². The first kappa shape index (κ1) is 26.6. The Balaban J connectivity index is 2.34. The molecule has 1 N–H and O–H groups in total. The van der Waals surface area contributed by atoms with Gasteiger partial charge in [-0.3, -0.25) is 9.89 Å². The molecule has 0 aromatic heterocycles. The summed E-state index contributed by atoms with van der Waals surface area (Å²) in [6, 6.07) is 5.12. The highest BCUT2D eigenvalue weighted by Crippen LogP contribution is 2.32. The molecule has 0 amide bonds. The van der Waals surface area contributed by atoms with Crippen molar-refractivity contribution in [3.05, 3.63) is 28.8 Å². The van der Waals surface area contributed by atoms with E-state index in [4.69, 9.17) is 9.73 Å². The van der Waals surface area contributed by atoms with Crippen LogP contribution in [0.2, 0.25) is 0 Å². The summed E-state index contributed by atoms with van der Waals surface area (Å²) in [6.07, 6.45) is 10.9. The SMILES string of the molecule is CCCCN(CNCCI)Cc1cc(C(C)(C)C)cc(/C=N/C2CCCCC2)c1OC. The Bertz CT molecular complexity index is 678. The normalized spacial score (nSPS) is 15.8. The predicted octanol–water partition coefficient (Wildman–Crippen LogP) is 6.33. The molecule has 1 saturated carbocycles. The van der Waals surface area contributed by atoms with E-state index >= 15 is 0 Å². The molecule has 0 saturated heterocycles. The van der Waals surface area contributed by atoms with Gasteiger partial charge in [-0.25, -0.2) is 0 Å². The molecule has 0 bridgehead atoms. The van der Waals surface area contributed by atoms with Gasteiger partial charge in [-0.05, 0) is 42.9 Å². The molecular formula is C26H44IN3O. The Labute approximate surface area is 204 Å². The largest absolute Gasteiger partial charge is 0.496 e. The molecule has 0 unspecified atom stereocenters. The molecule has 1 aliphatic rings. The Morgan fingerprint density at radius 1 is 1.23 bits per heavy atom. The summed E-state index contributed by atoms with van der Waals surface area (Å²) in [6.45, 7) is 13.1. The van der Waals surface area contributed by atoms with Gasteiger partial charge < -0.3 is 10.1 Å². The zero-order chi connectivity index (χ0) is 22.7. The monoisotopic (exact) mass is 541 g/mol. The minimum Gasteiger partial charge on any atom is -0.496 e. The van der Waals surface area contributed by atoms with E-state index in [0.29, 0.717) is 6.04 Å². The number of methoxy groups -OCH3 is 1. The molecule has 0 radical (unpaired) electrons. The van der Waals surface area contributed by atoms with Crippen molar-refractivity contribution in [2.45, 2.75) is 90.6 Å². The third-order valence-electron chi connectivity index (χ3n) is 6.09. The average Bonchev–Trinajstić information content (AvgIpc) is 2.75. The van der Waals surface area contributed by atoms with Gasteiger partial charge in [0.15, 0.2) is 0 Å². The molecule has 4 nitrogen and oxygen atoms in total. The van der Waals surface area contributed by atoms with Crippen molar-refractivity contribution in [1.82, 2.24) is 10.2 Å². The van der Waals surface area contributed by atoms with E-state index in [9.17, 15) is 0 Å². The predicted molar refractivity (Wildman–Crippen MR) is 143 cm³/mol. The summed E-state index contributed by atoms with van der Waals surface area (Å²) in [5.41, 5.74) is 3.84. The van der Waals surface area contributed by atoms with Crippen LogP contribution in [-0.2, 0) is 12.0 Å². The van der Waals surface area contributed by atoms with Crippen molar-refractivity contribution in [1.29, 1.82) is 0 Å². The molecule has 1 aromatic carbocycles. The first-order valence-corrected chi connectivity index (χ1v) is 13.6. The van der Waals surface area contributed by atoms with Crippen LogP contribution in [0, 0.1) is 0 Å². The molecule has 0 heterocycles. The van der Waals surface area contributed by atoms with E-state index in [2.05, 4.69) is 78.8 Å². The molecule has 176 valence electrons. The second-order valence-electron chi connectivity index (χ2n) is 9.83. The highest BCUT2D eigenvalue weighted by Gasteiger charge is 2.21. The number of aliphatic imine (C=N–C) groups is 1.